The van der Waals surface area contributed by atoms with Gasteiger partial charge in [0.05, 0.1) is 25.6 Å². The van der Waals surface area contributed by atoms with Crippen LogP contribution in [-0.4, -0.2) is 49.6 Å². The topological polar surface area (TPSA) is 62.7 Å². The summed E-state index contributed by atoms with van der Waals surface area (Å²) in [4.78, 5) is 8.91. The second kappa shape index (κ2) is 17.3. The molecule has 0 aliphatic heterocycles. The lowest BCUT2D eigenvalue weighted by molar-refractivity contribution is 0.116. The van der Waals surface area contributed by atoms with Crippen molar-refractivity contribution in [2.75, 3.05) is 39.6 Å². The molecule has 1 aromatic heterocycles. The second-order valence-corrected chi connectivity index (χ2v) is 9.90. The second-order valence-electron chi connectivity index (χ2n) is 9.90. The SMILES string of the molecule is CCCCCOCCCOc1cnc(C2CCc3cc(OCCCCOCCCC)c(F)c(F)c3C2)nc1. The maximum absolute atomic E-state index is 15.0. The number of aromatic nitrogens is 2. The molecule has 1 heterocycles. The van der Waals surface area contributed by atoms with Crippen LogP contribution in [0.5, 0.6) is 11.5 Å². The van der Waals surface area contributed by atoms with Crippen LogP contribution in [0.4, 0.5) is 8.78 Å². The lowest BCUT2D eigenvalue weighted by Gasteiger charge is -2.25. The monoisotopic (exact) mass is 534 g/mol. The number of hydrogen-bond acceptors (Lipinski definition) is 6. The van der Waals surface area contributed by atoms with Gasteiger partial charge in [0.1, 0.15) is 5.82 Å². The molecule has 0 spiro atoms. The third-order valence-electron chi connectivity index (χ3n) is 6.77. The van der Waals surface area contributed by atoms with Gasteiger partial charge in [-0.25, -0.2) is 14.4 Å². The van der Waals surface area contributed by atoms with Crippen LogP contribution >= 0.6 is 0 Å². The minimum absolute atomic E-state index is 0.00397. The summed E-state index contributed by atoms with van der Waals surface area (Å²) in [6.45, 7) is 8.07. The largest absolute Gasteiger partial charge is 0.490 e. The summed E-state index contributed by atoms with van der Waals surface area (Å²) in [5.41, 5.74) is 1.20. The highest BCUT2D eigenvalue weighted by molar-refractivity contribution is 5.41. The molecule has 0 amide bonds. The molecule has 3 rings (SSSR count). The van der Waals surface area contributed by atoms with Gasteiger partial charge in [0.25, 0.3) is 0 Å². The van der Waals surface area contributed by atoms with Gasteiger partial charge in [-0.3, -0.25) is 0 Å². The van der Waals surface area contributed by atoms with Crippen molar-refractivity contribution >= 4 is 0 Å². The summed E-state index contributed by atoms with van der Waals surface area (Å²) in [5, 5.41) is 0. The van der Waals surface area contributed by atoms with Crippen molar-refractivity contribution in [2.24, 2.45) is 0 Å². The Morgan fingerprint density at radius 2 is 1.39 bits per heavy atom. The first-order chi connectivity index (χ1) is 18.6. The van der Waals surface area contributed by atoms with Gasteiger partial charge in [0.15, 0.2) is 17.3 Å². The van der Waals surface area contributed by atoms with Crippen molar-refractivity contribution in [2.45, 2.75) is 90.4 Å². The summed E-state index contributed by atoms with van der Waals surface area (Å²) in [5.74, 6) is -0.576. The molecule has 6 nitrogen and oxygen atoms in total. The molecule has 2 aromatic rings. The van der Waals surface area contributed by atoms with E-state index < -0.39 is 11.6 Å². The minimum atomic E-state index is -0.914. The smallest absolute Gasteiger partial charge is 0.200 e. The molecule has 0 N–H and O–H groups in total. The molecule has 1 aliphatic rings. The molecule has 0 fully saturated rings. The first-order valence-electron chi connectivity index (χ1n) is 14.4. The Balaban J connectivity index is 1.43. The van der Waals surface area contributed by atoms with Crippen molar-refractivity contribution in [3.05, 3.63) is 47.0 Å². The van der Waals surface area contributed by atoms with E-state index >= 15 is 0 Å². The first-order valence-corrected chi connectivity index (χ1v) is 14.4. The quantitative estimate of drug-likeness (QED) is 0.181. The fourth-order valence-corrected chi connectivity index (χ4v) is 4.49. The molecule has 0 radical (unpaired) electrons. The Labute approximate surface area is 226 Å². The highest BCUT2D eigenvalue weighted by atomic mass is 19.2. The van der Waals surface area contributed by atoms with Crippen molar-refractivity contribution in [1.29, 1.82) is 0 Å². The van der Waals surface area contributed by atoms with E-state index in [2.05, 4.69) is 23.8 Å². The maximum Gasteiger partial charge on any atom is 0.200 e. The number of benzene rings is 1. The molecule has 38 heavy (non-hydrogen) atoms. The standard InChI is InChI=1S/C30H44F2N2O4/c1-3-5-7-14-36-16-10-18-37-25-21-33-30(34-22-25)24-12-11-23-20-27(29(32)28(31)26(23)19-24)38-17-9-8-15-35-13-6-4-2/h20-22,24H,3-19H2,1-2H3. The zero-order chi connectivity index (χ0) is 27.0. The van der Waals surface area contributed by atoms with Crippen molar-refractivity contribution < 1.29 is 27.7 Å². The minimum Gasteiger partial charge on any atom is -0.490 e. The summed E-state index contributed by atoms with van der Waals surface area (Å²) in [6.07, 6.45) is 13.1. The van der Waals surface area contributed by atoms with Crippen LogP contribution in [-0.2, 0) is 22.3 Å². The van der Waals surface area contributed by atoms with Crippen LogP contribution in [0.15, 0.2) is 18.5 Å². The Morgan fingerprint density at radius 3 is 2.13 bits per heavy atom. The van der Waals surface area contributed by atoms with Crippen molar-refractivity contribution in [1.82, 2.24) is 9.97 Å². The zero-order valence-electron chi connectivity index (χ0n) is 23.1. The van der Waals surface area contributed by atoms with Crippen LogP contribution in [0.2, 0.25) is 0 Å². The van der Waals surface area contributed by atoms with Gasteiger partial charge in [-0.05, 0) is 62.1 Å². The van der Waals surface area contributed by atoms with Gasteiger partial charge < -0.3 is 18.9 Å². The lowest BCUT2D eigenvalue weighted by atomic mass is 9.83. The molecule has 0 saturated heterocycles. The van der Waals surface area contributed by atoms with Crippen LogP contribution in [0.25, 0.3) is 0 Å². The molecule has 1 unspecified atom stereocenters. The van der Waals surface area contributed by atoms with Crippen LogP contribution in [0, 0.1) is 11.6 Å². The van der Waals surface area contributed by atoms with Gasteiger partial charge in [-0.1, -0.05) is 33.1 Å². The van der Waals surface area contributed by atoms with E-state index in [4.69, 9.17) is 18.9 Å². The Bertz CT molecular complexity index is 943. The number of unbranched alkanes of at least 4 members (excludes halogenated alkanes) is 4. The highest BCUT2D eigenvalue weighted by Gasteiger charge is 2.28. The van der Waals surface area contributed by atoms with Gasteiger partial charge in [-0.15, -0.1) is 0 Å². The van der Waals surface area contributed by atoms with E-state index in [0.29, 0.717) is 56.4 Å². The van der Waals surface area contributed by atoms with Crippen molar-refractivity contribution in [3.63, 3.8) is 0 Å². The molecule has 0 saturated carbocycles. The normalized spacial score (nSPS) is 14.9. The first kappa shape index (κ1) is 30.2. The van der Waals surface area contributed by atoms with Crippen LogP contribution < -0.4 is 9.47 Å². The number of fused-ring (bicyclic) bond motifs is 1. The Kier molecular flexibility index (Phi) is 13.8. The maximum atomic E-state index is 15.0. The molecule has 1 aromatic carbocycles. The van der Waals surface area contributed by atoms with Gasteiger partial charge in [-0.2, -0.15) is 4.39 Å². The van der Waals surface area contributed by atoms with Crippen LogP contribution in [0.1, 0.15) is 94.5 Å². The van der Waals surface area contributed by atoms with Gasteiger partial charge in [0, 0.05) is 38.8 Å². The van der Waals surface area contributed by atoms with E-state index in [0.717, 1.165) is 63.7 Å². The average Bonchev–Trinajstić information content (AvgIpc) is 2.94. The van der Waals surface area contributed by atoms with Crippen molar-refractivity contribution in [3.8, 4) is 11.5 Å². The molecule has 8 heteroatoms. The Morgan fingerprint density at radius 1 is 0.763 bits per heavy atom. The molecular formula is C30H44F2N2O4. The molecule has 212 valence electrons. The number of halogens is 2. The Hall–Kier alpha value is -2.32. The fourth-order valence-electron chi connectivity index (χ4n) is 4.49. The predicted octanol–water partition coefficient (Wildman–Crippen LogP) is 6.98. The van der Waals surface area contributed by atoms with E-state index in [1.807, 2.05) is 0 Å². The summed E-state index contributed by atoms with van der Waals surface area (Å²) in [7, 11) is 0. The zero-order valence-corrected chi connectivity index (χ0v) is 23.1. The molecule has 1 atom stereocenters. The lowest BCUT2D eigenvalue weighted by Crippen LogP contribution is -2.18. The predicted molar refractivity (Wildman–Crippen MR) is 144 cm³/mol. The molecule has 1 aliphatic carbocycles. The van der Waals surface area contributed by atoms with E-state index in [9.17, 15) is 8.78 Å². The van der Waals surface area contributed by atoms with Crippen LogP contribution in [0.3, 0.4) is 0 Å². The fraction of sp³-hybridized carbons (Fsp3) is 0.667. The third-order valence-corrected chi connectivity index (χ3v) is 6.77. The number of ether oxygens (including phenoxy) is 4. The number of nitrogens with zero attached hydrogens (tertiary/aromatic N) is 2. The van der Waals surface area contributed by atoms with E-state index in [1.165, 1.54) is 12.8 Å². The highest BCUT2D eigenvalue weighted by Crippen LogP contribution is 2.36. The van der Waals surface area contributed by atoms with E-state index in [-0.39, 0.29) is 11.7 Å². The summed E-state index contributed by atoms with van der Waals surface area (Å²) < 4.78 is 52.2. The summed E-state index contributed by atoms with van der Waals surface area (Å²) >= 11 is 0. The van der Waals surface area contributed by atoms with Gasteiger partial charge >= 0.3 is 0 Å². The number of aryl methyl sites for hydroxylation is 1. The van der Waals surface area contributed by atoms with Gasteiger partial charge in [0.2, 0.25) is 5.82 Å². The number of rotatable bonds is 19. The summed E-state index contributed by atoms with van der Waals surface area (Å²) in [6, 6.07) is 1.66. The molecule has 0 bridgehead atoms. The third kappa shape index (κ3) is 9.77. The average molecular weight is 535 g/mol. The molecular weight excluding hydrogens is 490 g/mol. The van der Waals surface area contributed by atoms with E-state index in [1.54, 1.807) is 18.5 Å². The number of hydrogen-bond donors (Lipinski definition) is 0.